The van der Waals surface area contributed by atoms with E-state index < -0.39 is 0 Å². The first-order valence-corrected chi connectivity index (χ1v) is 8.66. The van der Waals surface area contributed by atoms with Gasteiger partial charge in [0.05, 0.1) is 7.11 Å². The number of benzene rings is 1. The van der Waals surface area contributed by atoms with E-state index in [1.165, 1.54) is 0 Å². The third-order valence-corrected chi connectivity index (χ3v) is 4.10. The van der Waals surface area contributed by atoms with Crippen LogP contribution in [0.2, 0.25) is 0 Å². The second-order valence-corrected chi connectivity index (χ2v) is 6.33. The van der Waals surface area contributed by atoms with Gasteiger partial charge >= 0.3 is 0 Å². The maximum absolute atomic E-state index is 12.0. The molecule has 7 nitrogen and oxygen atoms in total. The minimum Gasteiger partial charge on any atom is -0.493 e. The lowest BCUT2D eigenvalue weighted by atomic mass is 10.3. The molecule has 0 aliphatic heterocycles. The lowest BCUT2D eigenvalue weighted by molar-refractivity contribution is -0.118. The van der Waals surface area contributed by atoms with Gasteiger partial charge in [0.25, 0.3) is 5.91 Å². The molecule has 0 spiro atoms. The first kappa shape index (κ1) is 16.7. The quantitative estimate of drug-likeness (QED) is 0.571. The number of rotatable bonds is 6. The van der Waals surface area contributed by atoms with Crippen LogP contribution in [0.15, 0.2) is 40.8 Å². The van der Waals surface area contributed by atoms with Crippen molar-refractivity contribution >= 4 is 45.2 Å². The van der Waals surface area contributed by atoms with Crippen molar-refractivity contribution in [2.24, 2.45) is 0 Å². The number of aromatic nitrogens is 2. The summed E-state index contributed by atoms with van der Waals surface area (Å²) >= 11 is 3.14. The van der Waals surface area contributed by atoms with Gasteiger partial charge in [0.15, 0.2) is 27.6 Å². The fraction of sp³-hybridized carbons (Fsp3) is 0.133. The molecule has 0 saturated carbocycles. The third kappa shape index (κ3) is 4.03. The molecular weight excluding hydrogens is 445 g/mol. The van der Waals surface area contributed by atoms with Gasteiger partial charge in [-0.1, -0.05) is 12.1 Å². The molecule has 0 aliphatic rings. The van der Waals surface area contributed by atoms with E-state index in [0.29, 0.717) is 28.2 Å². The van der Waals surface area contributed by atoms with Crippen molar-refractivity contribution in [1.29, 1.82) is 0 Å². The Bertz CT molecular complexity index is 849. The summed E-state index contributed by atoms with van der Waals surface area (Å²) in [4.78, 5) is 16.2. The van der Waals surface area contributed by atoms with Crippen LogP contribution < -0.4 is 14.8 Å². The second-order valence-electron chi connectivity index (χ2n) is 4.51. The summed E-state index contributed by atoms with van der Waals surface area (Å²) in [6.07, 6.45) is 0. The molecule has 3 rings (SSSR count). The van der Waals surface area contributed by atoms with Crippen molar-refractivity contribution < 1.29 is 18.7 Å². The number of hydrogen-bond donors (Lipinski definition) is 1. The Morgan fingerprint density at radius 2 is 2.08 bits per heavy atom. The topological polar surface area (TPSA) is 86.5 Å². The van der Waals surface area contributed by atoms with E-state index in [-0.39, 0.29) is 12.5 Å². The summed E-state index contributed by atoms with van der Waals surface area (Å²) in [6, 6.07) is 10.7. The summed E-state index contributed by atoms with van der Waals surface area (Å²) in [5.41, 5.74) is 0. The van der Waals surface area contributed by atoms with Crippen LogP contribution in [-0.2, 0) is 4.79 Å². The summed E-state index contributed by atoms with van der Waals surface area (Å²) in [7, 11) is 1.54. The minimum absolute atomic E-state index is 0.159. The van der Waals surface area contributed by atoms with E-state index in [0.717, 1.165) is 15.3 Å². The molecule has 0 bridgehead atoms. The average Bonchev–Trinajstić information content (AvgIpc) is 3.22. The molecule has 0 fully saturated rings. The fourth-order valence-corrected chi connectivity index (χ4v) is 2.85. The number of halogens is 1. The predicted octanol–water partition coefficient (Wildman–Crippen LogP) is 3.43. The van der Waals surface area contributed by atoms with Gasteiger partial charge in [0.1, 0.15) is 0 Å². The largest absolute Gasteiger partial charge is 0.493 e. The van der Waals surface area contributed by atoms with Crippen LogP contribution >= 0.6 is 34.1 Å². The Kier molecular flexibility index (Phi) is 5.30. The third-order valence-electron chi connectivity index (χ3n) is 2.89. The number of methoxy groups -OCH3 is 1. The Balaban J connectivity index is 1.58. The molecule has 0 atom stereocenters. The molecule has 1 N–H and O–H groups in total. The van der Waals surface area contributed by atoms with Gasteiger partial charge in [-0.05, 0) is 46.9 Å². The van der Waals surface area contributed by atoms with Gasteiger partial charge < -0.3 is 13.9 Å². The van der Waals surface area contributed by atoms with Crippen LogP contribution in [0.5, 0.6) is 11.5 Å². The van der Waals surface area contributed by atoms with Crippen molar-refractivity contribution in [3.8, 4) is 23.1 Å². The maximum atomic E-state index is 12.0. The normalized spacial score (nSPS) is 10.4. The molecule has 0 saturated heterocycles. The highest BCUT2D eigenvalue weighted by molar-refractivity contribution is 14.1. The van der Waals surface area contributed by atoms with Crippen LogP contribution in [0, 0.1) is 3.77 Å². The zero-order valence-corrected chi connectivity index (χ0v) is 15.5. The van der Waals surface area contributed by atoms with E-state index in [2.05, 4.69) is 37.3 Å². The van der Waals surface area contributed by atoms with Crippen molar-refractivity contribution in [3.63, 3.8) is 0 Å². The predicted molar refractivity (Wildman–Crippen MR) is 97.4 cm³/mol. The smallest absolute Gasteiger partial charge is 0.264 e. The lowest BCUT2D eigenvalue weighted by Crippen LogP contribution is -2.20. The molecule has 9 heteroatoms. The molecule has 124 valence electrons. The number of amides is 1. The number of ether oxygens (including phenoxy) is 2. The first-order chi connectivity index (χ1) is 11.7. The van der Waals surface area contributed by atoms with Gasteiger partial charge in [0, 0.05) is 11.5 Å². The molecule has 1 aromatic carbocycles. The summed E-state index contributed by atoms with van der Waals surface area (Å²) in [5, 5.41) is 3.02. The second kappa shape index (κ2) is 7.62. The first-order valence-electron chi connectivity index (χ1n) is 6.81. The number of hydrogen-bond acceptors (Lipinski definition) is 7. The van der Waals surface area contributed by atoms with Gasteiger partial charge in [0.2, 0.25) is 11.0 Å². The summed E-state index contributed by atoms with van der Waals surface area (Å²) in [6.45, 7) is -0.159. The number of nitrogens with zero attached hydrogens (tertiary/aromatic N) is 2. The lowest BCUT2D eigenvalue weighted by Gasteiger charge is -2.09. The Hall–Kier alpha value is -2.14. The highest BCUT2D eigenvalue weighted by Gasteiger charge is 2.13. The zero-order chi connectivity index (χ0) is 16.9. The van der Waals surface area contributed by atoms with Gasteiger partial charge in [-0.15, -0.1) is 0 Å². The maximum Gasteiger partial charge on any atom is 0.264 e. The molecule has 1 amide bonds. The number of carbonyl (C=O) groups excluding carboxylic acids is 1. The SMILES string of the molecule is COc1ccccc1OCC(=O)Nc1nc(-c2ccc(I)o2)ns1. The highest BCUT2D eigenvalue weighted by Crippen LogP contribution is 2.26. The van der Waals surface area contributed by atoms with E-state index in [1.807, 2.05) is 12.1 Å². The average molecular weight is 457 g/mol. The monoisotopic (exact) mass is 457 g/mol. The van der Waals surface area contributed by atoms with Gasteiger partial charge in [-0.3, -0.25) is 10.1 Å². The molecule has 0 radical (unpaired) electrons. The van der Waals surface area contributed by atoms with E-state index in [1.54, 1.807) is 31.4 Å². The molecule has 2 aromatic heterocycles. The molecule has 0 unspecified atom stereocenters. The summed E-state index contributed by atoms with van der Waals surface area (Å²) < 4.78 is 21.0. The number of furan rings is 1. The number of para-hydroxylation sites is 2. The van der Waals surface area contributed by atoms with Crippen LogP contribution in [0.4, 0.5) is 5.13 Å². The van der Waals surface area contributed by atoms with Crippen molar-refractivity contribution in [3.05, 3.63) is 40.2 Å². The van der Waals surface area contributed by atoms with Crippen molar-refractivity contribution in [2.75, 3.05) is 19.0 Å². The zero-order valence-electron chi connectivity index (χ0n) is 12.5. The fourth-order valence-electron chi connectivity index (χ4n) is 1.85. The molecular formula is C15H12IN3O4S. The molecule has 0 aliphatic carbocycles. The number of anilines is 1. The van der Waals surface area contributed by atoms with Gasteiger partial charge in [-0.25, -0.2) is 0 Å². The summed E-state index contributed by atoms with van der Waals surface area (Å²) in [5.74, 6) is 1.72. The Labute approximate surface area is 155 Å². The molecule has 24 heavy (non-hydrogen) atoms. The van der Waals surface area contributed by atoms with E-state index >= 15 is 0 Å². The standard InChI is InChI=1S/C15H12IN3O4S/c1-21-9-4-2-3-5-10(9)22-8-13(20)17-15-18-14(19-24-15)11-6-7-12(16)23-11/h2-7H,8H2,1H3,(H,17,18,19,20). The van der Waals surface area contributed by atoms with Crippen LogP contribution in [0.1, 0.15) is 0 Å². The Morgan fingerprint density at radius 3 is 2.79 bits per heavy atom. The Morgan fingerprint density at radius 1 is 1.29 bits per heavy atom. The highest BCUT2D eigenvalue weighted by atomic mass is 127. The number of carbonyl (C=O) groups is 1. The minimum atomic E-state index is -0.336. The van der Waals surface area contributed by atoms with Crippen LogP contribution in [0.25, 0.3) is 11.6 Å². The molecule has 3 aromatic rings. The van der Waals surface area contributed by atoms with Gasteiger partial charge in [-0.2, -0.15) is 9.36 Å². The molecule has 2 heterocycles. The number of nitrogens with one attached hydrogen (secondary N) is 1. The van der Waals surface area contributed by atoms with E-state index in [4.69, 9.17) is 13.9 Å². The van der Waals surface area contributed by atoms with Crippen molar-refractivity contribution in [1.82, 2.24) is 9.36 Å². The van der Waals surface area contributed by atoms with Crippen LogP contribution in [0.3, 0.4) is 0 Å². The van der Waals surface area contributed by atoms with Crippen molar-refractivity contribution in [2.45, 2.75) is 0 Å². The van der Waals surface area contributed by atoms with E-state index in [9.17, 15) is 4.79 Å². The van der Waals surface area contributed by atoms with Crippen LogP contribution in [-0.4, -0.2) is 29.0 Å².